The lowest BCUT2D eigenvalue weighted by atomic mass is 10.0. The van der Waals surface area contributed by atoms with Crippen LogP contribution in [0.2, 0.25) is 0 Å². The molecule has 2 aromatic rings. The Bertz CT molecular complexity index is 674. The van der Waals surface area contributed by atoms with Crippen molar-refractivity contribution in [2.24, 2.45) is 0 Å². The Morgan fingerprint density at radius 1 is 1.32 bits per heavy atom. The highest BCUT2D eigenvalue weighted by molar-refractivity contribution is 5.81. The Hall–Kier alpha value is -2.25. The van der Waals surface area contributed by atoms with Gasteiger partial charge in [0.25, 0.3) is 5.89 Å². The van der Waals surface area contributed by atoms with Crippen LogP contribution in [0.15, 0.2) is 34.9 Å². The van der Waals surface area contributed by atoms with Crippen LogP contribution in [-0.2, 0) is 24.4 Å². The van der Waals surface area contributed by atoms with Crippen molar-refractivity contribution in [3.8, 4) is 0 Å². The SMILES string of the molecule is O=C(NCCc1noc(CO)n1)[C@@H]1CCCCN1Cc1ccccc1. The second kappa shape index (κ2) is 8.73. The number of aromatic nitrogens is 2. The highest BCUT2D eigenvalue weighted by Gasteiger charge is 2.28. The van der Waals surface area contributed by atoms with Gasteiger partial charge in [-0.15, -0.1) is 0 Å². The number of carbonyl (C=O) groups excluding carboxylic acids is 1. The molecule has 0 bridgehead atoms. The predicted octanol–water partition coefficient (Wildman–Crippen LogP) is 1.28. The van der Waals surface area contributed by atoms with Crippen molar-refractivity contribution >= 4 is 5.91 Å². The summed E-state index contributed by atoms with van der Waals surface area (Å²) >= 11 is 0. The topological polar surface area (TPSA) is 91.5 Å². The van der Waals surface area contributed by atoms with Crippen LogP contribution >= 0.6 is 0 Å². The largest absolute Gasteiger partial charge is 0.387 e. The minimum absolute atomic E-state index is 0.0570. The van der Waals surface area contributed by atoms with Gasteiger partial charge in [0.15, 0.2) is 5.82 Å². The zero-order chi connectivity index (χ0) is 17.5. The number of rotatable bonds is 7. The summed E-state index contributed by atoms with van der Waals surface area (Å²) in [5.74, 6) is 0.748. The van der Waals surface area contributed by atoms with Gasteiger partial charge in [0, 0.05) is 19.5 Å². The Labute approximate surface area is 147 Å². The first-order valence-electron chi connectivity index (χ1n) is 8.74. The average Bonchev–Trinajstić information content (AvgIpc) is 3.11. The molecule has 2 N–H and O–H groups in total. The van der Waals surface area contributed by atoms with Crippen molar-refractivity contribution < 1.29 is 14.4 Å². The van der Waals surface area contributed by atoms with Crippen LogP contribution in [-0.4, -0.2) is 45.2 Å². The molecule has 0 saturated carbocycles. The fourth-order valence-corrected chi connectivity index (χ4v) is 3.17. The van der Waals surface area contributed by atoms with E-state index in [1.165, 1.54) is 5.56 Å². The van der Waals surface area contributed by atoms with E-state index in [4.69, 9.17) is 9.63 Å². The van der Waals surface area contributed by atoms with E-state index in [1.54, 1.807) is 0 Å². The van der Waals surface area contributed by atoms with Crippen LogP contribution in [0.1, 0.15) is 36.5 Å². The lowest BCUT2D eigenvalue weighted by molar-refractivity contribution is -0.127. The van der Waals surface area contributed by atoms with Crippen LogP contribution in [0, 0.1) is 0 Å². The molecule has 0 radical (unpaired) electrons. The monoisotopic (exact) mass is 344 g/mol. The fraction of sp³-hybridized carbons (Fsp3) is 0.500. The minimum atomic E-state index is -0.268. The second-order valence-electron chi connectivity index (χ2n) is 6.27. The highest BCUT2D eigenvalue weighted by Crippen LogP contribution is 2.19. The molecule has 1 aliphatic rings. The number of nitrogens with one attached hydrogen (secondary N) is 1. The number of carbonyl (C=O) groups is 1. The summed E-state index contributed by atoms with van der Waals surface area (Å²) in [6.07, 6.45) is 3.58. The fourth-order valence-electron chi connectivity index (χ4n) is 3.17. The molecular weight excluding hydrogens is 320 g/mol. The first kappa shape index (κ1) is 17.6. The lowest BCUT2D eigenvalue weighted by Crippen LogP contribution is -2.49. The summed E-state index contributed by atoms with van der Waals surface area (Å²) in [5.41, 5.74) is 1.23. The molecule has 1 fully saturated rings. The predicted molar refractivity (Wildman–Crippen MR) is 91.4 cm³/mol. The Balaban J connectivity index is 1.51. The molecule has 0 unspecified atom stereocenters. The molecule has 7 nitrogen and oxygen atoms in total. The number of benzene rings is 1. The Morgan fingerprint density at radius 3 is 2.92 bits per heavy atom. The van der Waals surface area contributed by atoms with Crippen molar-refractivity contribution in [1.29, 1.82) is 0 Å². The van der Waals surface area contributed by atoms with Gasteiger partial charge in [0.05, 0.1) is 6.04 Å². The van der Waals surface area contributed by atoms with Gasteiger partial charge in [0.1, 0.15) is 6.61 Å². The molecule has 0 aliphatic carbocycles. The molecule has 7 heteroatoms. The van der Waals surface area contributed by atoms with E-state index in [0.29, 0.717) is 18.8 Å². The molecular formula is C18H24N4O3. The maximum atomic E-state index is 12.6. The van der Waals surface area contributed by atoms with Gasteiger partial charge in [-0.3, -0.25) is 9.69 Å². The third kappa shape index (κ3) is 4.87. The summed E-state index contributed by atoms with van der Waals surface area (Å²) in [4.78, 5) is 18.9. The standard InChI is InChI=1S/C18H24N4O3/c23-13-17-20-16(21-25-17)9-10-19-18(24)15-8-4-5-11-22(15)12-14-6-2-1-3-7-14/h1-3,6-7,15,23H,4-5,8-13H2,(H,19,24)/t15-/m0/s1. The number of hydrogen-bond acceptors (Lipinski definition) is 6. The minimum Gasteiger partial charge on any atom is -0.387 e. The van der Waals surface area contributed by atoms with E-state index in [-0.39, 0.29) is 24.4 Å². The average molecular weight is 344 g/mol. The van der Waals surface area contributed by atoms with Gasteiger partial charge in [-0.1, -0.05) is 41.9 Å². The number of piperidine rings is 1. The van der Waals surface area contributed by atoms with Crippen molar-refractivity contribution in [1.82, 2.24) is 20.4 Å². The molecule has 1 saturated heterocycles. The van der Waals surface area contributed by atoms with Gasteiger partial charge >= 0.3 is 0 Å². The molecule has 134 valence electrons. The number of aliphatic hydroxyl groups is 1. The number of nitrogens with zero attached hydrogens (tertiary/aromatic N) is 3. The first-order chi connectivity index (χ1) is 12.3. The third-order valence-electron chi connectivity index (χ3n) is 4.44. The van der Waals surface area contributed by atoms with Crippen LogP contribution < -0.4 is 5.32 Å². The molecule has 1 aromatic carbocycles. The molecule has 1 atom stereocenters. The van der Waals surface area contributed by atoms with E-state index in [2.05, 4.69) is 32.5 Å². The zero-order valence-corrected chi connectivity index (χ0v) is 14.2. The van der Waals surface area contributed by atoms with E-state index in [0.717, 1.165) is 32.4 Å². The zero-order valence-electron chi connectivity index (χ0n) is 14.2. The third-order valence-corrected chi connectivity index (χ3v) is 4.44. The highest BCUT2D eigenvalue weighted by atomic mass is 16.5. The van der Waals surface area contributed by atoms with Gasteiger partial charge in [-0.25, -0.2) is 0 Å². The van der Waals surface area contributed by atoms with Gasteiger partial charge in [-0.2, -0.15) is 4.98 Å². The summed E-state index contributed by atoms with van der Waals surface area (Å²) in [6.45, 7) is 1.93. The molecule has 1 aromatic heterocycles. The van der Waals surface area contributed by atoms with Crippen molar-refractivity contribution in [3.05, 3.63) is 47.6 Å². The first-order valence-corrected chi connectivity index (χ1v) is 8.74. The van der Waals surface area contributed by atoms with Gasteiger partial charge in [0.2, 0.25) is 5.91 Å². The van der Waals surface area contributed by atoms with Crippen LogP contribution in [0.5, 0.6) is 0 Å². The van der Waals surface area contributed by atoms with E-state index in [9.17, 15) is 4.79 Å². The molecule has 3 rings (SSSR count). The molecule has 2 heterocycles. The number of hydrogen-bond donors (Lipinski definition) is 2. The number of aliphatic hydroxyl groups excluding tert-OH is 1. The number of amides is 1. The second-order valence-corrected chi connectivity index (χ2v) is 6.27. The quantitative estimate of drug-likeness (QED) is 0.786. The van der Waals surface area contributed by atoms with Crippen molar-refractivity contribution in [2.75, 3.05) is 13.1 Å². The Kier molecular flexibility index (Phi) is 6.14. The van der Waals surface area contributed by atoms with E-state index < -0.39 is 0 Å². The van der Waals surface area contributed by atoms with Crippen LogP contribution in [0.25, 0.3) is 0 Å². The molecule has 1 amide bonds. The van der Waals surface area contributed by atoms with Gasteiger partial charge in [-0.05, 0) is 24.9 Å². The van der Waals surface area contributed by atoms with E-state index in [1.807, 2.05) is 18.2 Å². The molecule has 1 aliphatic heterocycles. The van der Waals surface area contributed by atoms with Crippen molar-refractivity contribution in [2.45, 2.75) is 44.9 Å². The summed E-state index contributed by atoms with van der Waals surface area (Å²) in [5, 5.41) is 15.7. The molecule has 0 spiro atoms. The van der Waals surface area contributed by atoms with Crippen LogP contribution in [0.3, 0.4) is 0 Å². The summed E-state index contributed by atoms with van der Waals surface area (Å²) < 4.78 is 4.84. The van der Waals surface area contributed by atoms with Crippen LogP contribution in [0.4, 0.5) is 0 Å². The Morgan fingerprint density at radius 2 is 2.16 bits per heavy atom. The summed E-state index contributed by atoms with van der Waals surface area (Å²) in [6, 6.07) is 10.2. The van der Waals surface area contributed by atoms with Gasteiger partial charge < -0.3 is 14.9 Å². The maximum absolute atomic E-state index is 12.6. The molecule has 25 heavy (non-hydrogen) atoms. The maximum Gasteiger partial charge on any atom is 0.252 e. The normalized spacial score (nSPS) is 18.2. The van der Waals surface area contributed by atoms with E-state index >= 15 is 0 Å². The smallest absolute Gasteiger partial charge is 0.252 e. The number of likely N-dealkylation sites (tertiary alicyclic amines) is 1. The van der Waals surface area contributed by atoms with Crippen molar-refractivity contribution in [3.63, 3.8) is 0 Å². The summed E-state index contributed by atoms with van der Waals surface area (Å²) in [7, 11) is 0. The lowest BCUT2D eigenvalue weighted by Gasteiger charge is -2.34.